The molecule has 0 radical (unpaired) electrons. The summed E-state index contributed by atoms with van der Waals surface area (Å²) in [5.74, 6) is 0.480. The summed E-state index contributed by atoms with van der Waals surface area (Å²) >= 11 is 0. The second-order valence-electron chi connectivity index (χ2n) is 4.13. The van der Waals surface area contributed by atoms with Gasteiger partial charge >= 0.3 is 0 Å². The van der Waals surface area contributed by atoms with Crippen molar-refractivity contribution in [3.8, 4) is 0 Å². The predicted octanol–water partition coefficient (Wildman–Crippen LogP) is -0.366. The molecule has 2 N–H and O–H groups in total. The second-order valence-corrected chi connectivity index (χ2v) is 6.07. The molecule has 0 unspecified atom stereocenters. The molecule has 2 rings (SSSR count). The molecule has 7 nitrogen and oxygen atoms in total. The van der Waals surface area contributed by atoms with Gasteiger partial charge in [-0.05, 0) is 12.1 Å². The molecule has 1 amide bonds. The van der Waals surface area contributed by atoms with Gasteiger partial charge in [0, 0.05) is 39.3 Å². The first-order valence-electron chi connectivity index (χ1n) is 5.94. The highest BCUT2D eigenvalue weighted by Crippen LogP contribution is 2.17. The van der Waals surface area contributed by atoms with E-state index in [0.717, 1.165) is 0 Å². The van der Waals surface area contributed by atoms with E-state index in [-0.39, 0.29) is 30.3 Å². The van der Waals surface area contributed by atoms with Gasteiger partial charge in [0.15, 0.2) is 0 Å². The molecule has 0 bridgehead atoms. The third-order valence-corrected chi connectivity index (χ3v) is 4.78. The Kier molecular flexibility index (Phi) is 4.01. The lowest BCUT2D eigenvalue weighted by atomic mass is 10.4. The molecule has 1 aromatic rings. The SMILES string of the molecule is CNc1ccc(S(=O)(=O)N2CCNC(=O)CC2)cn1. The average molecular weight is 284 g/mol. The van der Waals surface area contributed by atoms with E-state index >= 15 is 0 Å². The monoisotopic (exact) mass is 284 g/mol. The molecule has 1 aliphatic rings. The van der Waals surface area contributed by atoms with Gasteiger partial charge in [-0.3, -0.25) is 4.79 Å². The molecule has 8 heteroatoms. The molecule has 104 valence electrons. The van der Waals surface area contributed by atoms with Crippen molar-refractivity contribution in [3.05, 3.63) is 18.3 Å². The van der Waals surface area contributed by atoms with Gasteiger partial charge in [-0.15, -0.1) is 0 Å². The van der Waals surface area contributed by atoms with Crippen molar-refractivity contribution in [2.24, 2.45) is 0 Å². The van der Waals surface area contributed by atoms with Gasteiger partial charge in [0.25, 0.3) is 0 Å². The first-order chi connectivity index (χ1) is 9.04. The van der Waals surface area contributed by atoms with Crippen molar-refractivity contribution >= 4 is 21.7 Å². The number of aromatic nitrogens is 1. The number of carbonyl (C=O) groups excluding carboxylic acids is 1. The Labute approximate surface area is 112 Å². The Hall–Kier alpha value is -1.67. The van der Waals surface area contributed by atoms with Gasteiger partial charge in [0.1, 0.15) is 10.7 Å². The largest absolute Gasteiger partial charge is 0.373 e. The Bertz CT molecular complexity index is 556. The molecular weight excluding hydrogens is 268 g/mol. The van der Waals surface area contributed by atoms with Crippen LogP contribution in [0.3, 0.4) is 0 Å². The van der Waals surface area contributed by atoms with Gasteiger partial charge in [-0.25, -0.2) is 13.4 Å². The van der Waals surface area contributed by atoms with Crippen molar-refractivity contribution in [2.45, 2.75) is 11.3 Å². The number of hydrogen-bond donors (Lipinski definition) is 2. The molecular formula is C11H16N4O3S. The average Bonchev–Trinajstić information content (AvgIpc) is 2.64. The van der Waals surface area contributed by atoms with Gasteiger partial charge in [0.2, 0.25) is 15.9 Å². The standard InChI is InChI=1S/C11H16N4O3S/c1-12-10-3-2-9(8-14-10)19(17,18)15-6-4-11(16)13-5-7-15/h2-3,8H,4-7H2,1H3,(H,12,14)(H,13,16). The smallest absolute Gasteiger partial charge is 0.244 e. The number of nitrogens with zero attached hydrogens (tertiary/aromatic N) is 2. The third-order valence-electron chi connectivity index (χ3n) is 2.90. The summed E-state index contributed by atoms with van der Waals surface area (Å²) in [5.41, 5.74) is 0. The summed E-state index contributed by atoms with van der Waals surface area (Å²) in [5, 5.41) is 5.47. The van der Waals surface area contributed by atoms with Crippen LogP contribution in [0.1, 0.15) is 6.42 Å². The van der Waals surface area contributed by atoms with Crippen LogP contribution in [0.4, 0.5) is 5.82 Å². The minimum Gasteiger partial charge on any atom is -0.373 e. The molecule has 19 heavy (non-hydrogen) atoms. The fourth-order valence-corrected chi connectivity index (χ4v) is 3.20. The van der Waals surface area contributed by atoms with Crippen LogP contribution in [-0.2, 0) is 14.8 Å². The maximum Gasteiger partial charge on any atom is 0.244 e. The molecule has 0 atom stereocenters. The highest BCUT2D eigenvalue weighted by Gasteiger charge is 2.26. The van der Waals surface area contributed by atoms with Gasteiger partial charge in [-0.1, -0.05) is 0 Å². The molecule has 0 spiro atoms. The van der Waals surface area contributed by atoms with Crippen molar-refractivity contribution in [2.75, 3.05) is 32.0 Å². The zero-order valence-corrected chi connectivity index (χ0v) is 11.4. The van der Waals surface area contributed by atoms with E-state index in [2.05, 4.69) is 15.6 Å². The summed E-state index contributed by atoms with van der Waals surface area (Å²) in [4.78, 5) is 15.4. The molecule has 0 aromatic carbocycles. The minimum absolute atomic E-state index is 0.124. The quantitative estimate of drug-likeness (QED) is 0.790. The Morgan fingerprint density at radius 1 is 1.37 bits per heavy atom. The van der Waals surface area contributed by atoms with Gasteiger partial charge in [-0.2, -0.15) is 4.31 Å². The first-order valence-corrected chi connectivity index (χ1v) is 7.38. The minimum atomic E-state index is -3.58. The number of rotatable bonds is 3. The van der Waals surface area contributed by atoms with E-state index in [4.69, 9.17) is 0 Å². The van der Waals surface area contributed by atoms with Crippen LogP contribution in [-0.4, -0.2) is 50.3 Å². The van der Waals surface area contributed by atoms with Crippen LogP contribution < -0.4 is 10.6 Å². The second kappa shape index (κ2) is 5.54. The van der Waals surface area contributed by atoms with Crippen molar-refractivity contribution < 1.29 is 13.2 Å². The Balaban J connectivity index is 2.22. The Morgan fingerprint density at radius 2 is 2.16 bits per heavy atom. The highest BCUT2D eigenvalue weighted by molar-refractivity contribution is 7.89. The number of pyridine rings is 1. The molecule has 0 aliphatic carbocycles. The lowest BCUT2D eigenvalue weighted by Crippen LogP contribution is -2.34. The van der Waals surface area contributed by atoms with Crippen LogP contribution in [0.5, 0.6) is 0 Å². The lowest BCUT2D eigenvalue weighted by Gasteiger charge is -2.19. The molecule has 1 saturated heterocycles. The Morgan fingerprint density at radius 3 is 2.79 bits per heavy atom. The predicted molar refractivity (Wildman–Crippen MR) is 70.2 cm³/mol. The number of anilines is 1. The summed E-state index contributed by atoms with van der Waals surface area (Å²) in [6.45, 7) is 0.809. The number of carbonyl (C=O) groups is 1. The van der Waals surface area contributed by atoms with Gasteiger partial charge in [0.05, 0.1) is 0 Å². The summed E-state index contributed by atoms with van der Waals surface area (Å²) in [6.07, 6.45) is 1.50. The molecule has 1 fully saturated rings. The zero-order valence-electron chi connectivity index (χ0n) is 10.6. The van der Waals surface area contributed by atoms with Crippen LogP contribution in [0.15, 0.2) is 23.2 Å². The fourth-order valence-electron chi connectivity index (χ4n) is 1.82. The van der Waals surface area contributed by atoms with E-state index in [1.165, 1.54) is 16.6 Å². The molecule has 0 saturated carbocycles. The van der Waals surface area contributed by atoms with Crippen molar-refractivity contribution in [1.29, 1.82) is 0 Å². The number of amides is 1. The number of hydrogen-bond acceptors (Lipinski definition) is 5. The third kappa shape index (κ3) is 3.02. The topological polar surface area (TPSA) is 91.4 Å². The van der Waals surface area contributed by atoms with Crippen LogP contribution in [0.2, 0.25) is 0 Å². The van der Waals surface area contributed by atoms with E-state index < -0.39 is 10.0 Å². The highest BCUT2D eigenvalue weighted by atomic mass is 32.2. The summed E-state index contributed by atoms with van der Waals surface area (Å²) < 4.78 is 26.1. The zero-order chi connectivity index (χ0) is 13.9. The normalized spacial score (nSPS) is 17.6. The fraction of sp³-hybridized carbons (Fsp3) is 0.455. The van der Waals surface area contributed by atoms with Crippen molar-refractivity contribution in [3.63, 3.8) is 0 Å². The van der Waals surface area contributed by atoms with Crippen LogP contribution in [0, 0.1) is 0 Å². The molecule has 2 heterocycles. The van der Waals surface area contributed by atoms with E-state index in [1.807, 2.05) is 0 Å². The van der Waals surface area contributed by atoms with E-state index in [9.17, 15) is 13.2 Å². The molecule has 1 aromatic heterocycles. The van der Waals surface area contributed by atoms with E-state index in [1.54, 1.807) is 13.1 Å². The first kappa shape index (κ1) is 13.8. The maximum absolute atomic E-state index is 12.4. The lowest BCUT2D eigenvalue weighted by molar-refractivity contribution is -0.120. The van der Waals surface area contributed by atoms with Crippen LogP contribution in [0.25, 0.3) is 0 Å². The van der Waals surface area contributed by atoms with E-state index in [0.29, 0.717) is 12.4 Å². The number of sulfonamides is 1. The maximum atomic E-state index is 12.4. The summed E-state index contributed by atoms with van der Waals surface area (Å²) in [6, 6.07) is 3.11. The summed E-state index contributed by atoms with van der Waals surface area (Å²) in [7, 11) is -1.87. The van der Waals surface area contributed by atoms with Crippen LogP contribution >= 0.6 is 0 Å². The molecule has 1 aliphatic heterocycles. The van der Waals surface area contributed by atoms with Gasteiger partial charge < -0.3 is 10.6 Å². The number of nitrogens with one attached hydrogen (secondary N) is 2. The van der Waals surface area contributed by atoms with Crippen molar-refractivity contribution in [1.82, 2.24) is 14.6 Å².